The highest BCUT2D eigenvalue weighted by Gasteiger charge is 2.10. The first kappa shape index (κ1) is 15.8. The summed E-state index contributed by atoms with van der Waals surface area (Å²) in [5.74, 6) is 2.18. The van der Waals surface area contributed by atoms with Gasteiger partial charge in [0.2, 0.25) is 0 Å². The molecule has 8 heteroatoms. The maximum atomic E-state index is 5.34. The largest absolute Gasteiger partial charge is 0.493 e. The molecule has 0 radical (unpaired) electrons. The van der Waals surface area contributed by atoms with Gasteiger partial charge >= 0.3 is 0 Å². The fourth-order valence-electron chi connectivity index (χ4n) is 2.02. The van der Waals surface area contributed by atoms with E-state index in [0.717, 1.165) is 27.2 Å². The molecule has 0 saturated heterocycles. The summed E-state index contributed by atoms with van der Waals surface area (Å²) in [4.78, 5) is 4.68. The first-order valence-electron chi connectivity index (χ1n) is 6.85. The molecule has 0 aliphatic carbocycles. The van der Waals surface area contributed by atoms with Crippen LogP contribution >= 0.6 is 23.1 Å². The molecule has 3 rings (SSSR count). The molecule has 120 valence electrons. The van der Waals surface area contributed by atoms with Crippen LogP contribution < -0.4 is 9.47 Å². The summed E-state index contributed by atoms with van der Waals surface area (Å²) >= 11 is 3.23. The van der Waals surface area contributed by atoms with Crippen molar-refractivity contribution >= 4 is 23.1 Å². The van der Waals surface area contributed by atoms with E-state index in [-0.39, 0.29) is 0 Å². The number of thiazole rings is 1. The molecular formula is C15H16N4O2S2. The van der Waals surface area contributed by atoms with Gasteiger partial charge in [-0.25, -0.2) is 4.98 Å². The Balaban J connectivity index is 1.75. The van der Waals surface area contributed by atoms with Crippen LogP contribution in [0, 0.1) is 0 Å². The lowest BCUT2D eigenvalue weighted by molar-refractivity contribution is 0.355. The standard InChI is InChI=1S/C15H16N4O2S2/c1-19-9-16-18-15(19)23-8-11-7-22-14(17-11)10-4-5-12(20-2)13(6-10)21-3/h4-7,9H,8H2,1-3H3. The summed E-state index contributed by atoms with van der Waals surface area (Å²) in [7, 11) is 5.19. The zero-order chi connectivity index (χ0) is 16.2. The second kappa shape index (κ2) is 7.01. The highest BCUT2D eigenvalue weighted by molar-refractivity contribution is 7.98. The van der Waals surface area contributed by atoms with Gasteiger partial charge in [-0.3, -0.25) is 0 Å². The average Bonchev–Trinajstić information content (AvgIpc) is 3.21. The predicted octanol–water partition coefficient (Wildman–Crippen LogP) is 3.25. The Labute approximate surface area is 142 Å². The first-order chi connectivity index (χ1) is 11.2. The van der Waals surface area contributed by atoms with Crippen molar-refractivity contribution < 1.29 is 9.47 Å². The van der Waals surface area contributed by atoms with Crippen LogP contribution in [0.5, 0.6) is 11.5 Å². The highest BCUT2D eigenvalue weighted by Crippen LogP contribution is 2.34. The summed E-state index contributed by atoms with van der Waals surface area (Å²) in [5.41, 5.74) is 2.04. The van der Waals surface area contributed by atoms with E-state index in [1.54, 1.807) is 43.6 Å². The zero-order valence-electron chi connectivity index (χ0n) is 13.0. The lowest BCUT2D eigenvalue weighted by Crippen LogP contribution is -1.91. The summed E-state index contributed by atoms with van der Waals surface area (Å²) < 4.78 is 12.5. The Morgan fingerprint density at radius 3 is 2.74 bits per heavy atom. The summed E-state index contributed by atoms with van der Waals surface area (Å²) in [6, 6.07) is 5.82. The van der Waals surface area contributed by atoms with Crippen LogP contribution in [0.3, 0.4) is 0 Å². The SMILES string of the molecule is COc1ccc(-c2nc(CSc3nncn3C)cs2)cc1OC. The van der Waals surface area contributed by atoms with Gasteiger partial charge in [-0.1, -0.05) is 11.8 Å². The van der Waals surface area contributed by atoms with E-state index in [2.05, 4.69) is 20.6 Å². The van der Waals surface area contributed by atoms with Crippen LogP contribution in [0.15, 0.2) is 35.1 Å². The smallest absolute Gasteiger partial charge is 0.191 e. The lowest BCUT2D eigenvalue weighted by atomic mass is 10.2. The molecule has 0 amide bonds. The third-order valence-corrected chi connectivity index (χ3v) is 5.21. The number of aryl methyl sites for hydroxylation is 1. The van der Waals surface area contributed by atoms with Gasteiger partial charge in [0.15, 0.2) is 16.7 Å². The van der Waals surface area contributed by atoms with Crippen molar-refractivity contribution in [3.63, 3.8) is 0 Å². The predicted molar refractivity (Wildman–Crippen MR) is 91.2 cm³/mol. The number of rotatable bonds is 6. The van der Waals surface area contributed by atoms with Crippen LogP contribution in [0.2, 0.25) is 0 Å². The van der Waals surface area contributed by atoms with Gasteiger partial charge < -0.3 is 14.0 Å². The Morgan fingerprint density at radius 1 is 1.22 bits per heavy atom. The number of aromatic nitrogens is 4. The minimum Gasteiger partial charge on any atom is -0.493 e. The van der Waals surface area contributed by atoms with Gasteiger partial charge in [0.25, 0.3) is 0 Å². The van der Waals surface area contributed by atoms with Crippen molar-refractivity contribution in [3.05, 3.63) is 35.6 Å². The molecule has 23 heavy (non-hydrogen) atoms. The molecule has 0 fully saturated rings. The molecule has 0 saturated carbocycles. The Morgan fingerprint density at radius 2 is 2.04 bits per heavy atom. The van der Waals surface area contributed by atoms with Crippen molar-refractivity contribution in [1.29, 1.82) is 0 Å². The summed E-state index contributed by atoms with van der Waals surface area (Å²) in [5, 5.41) is 11.8. The fraction of sp³-hybridized carbons (Fsp3) is 0.267. The minimum absolute atomic E-state index is 0.704. The zero-order valence-corrected chi connectivity index (χ0v) is 14.6. The Bertz CT molecular complexity index is 800. The van der Waals surface area contributed by atoms with E-state index >= 15 is 0 Å². The van der Waals surface area contributed by atoms with E-state index in [1.807, 2.05) is 29.8 Å². The van der Waals surface area contributed by atoms with E-state index in [4.69, 9.17) is 9.47 Å². The van der Waals surface area contributed by atoms with Crippen LogP contribution in [0.25, 0.3) is 10.6 Å². The van der Waals surface area contributed by atoms with Gasteiger partial charge in [-0.2, -0.15) is 0 Å². The van der Waals surface area contributed by atoms with Gasteiger partial charge in [-0.15, -0.1) is 21.5 Å². The number of thioether (sulfide) groups is 1. The Kier molecular flexibility index (Phi) is 4.82. The minimum atomic E-state index is 0.704. The van der Waals surface area contributed by atoms with Gasteiger partial charge in [0.1, 0.15) is 11.3 Å². The van der Waals surface area contributed by atoms with Crippen molar-refractivity contribution in [1.82, 2.24) is 19.7 Å². The van der Waals surface area contributed by atoms with Crippen molar-refractivity contribution in [2.45, 2.75) is 10.9 Å². The number of hydrogen-bond acceptors (Lipinski definition) is 7. The monoisotopic (exact) mass is 348 g/mol. The molecule has 0 unspecified atom stereocenters. The molecule has 0 aliphatic heterocycles. The van der Waals surface area contributed by atoms with E-state index < -0.39 is 0 Å². The van der Waals surface area contributed by atoms with Gasteiger partial charge in [0, 0.05) is 23.7 Å². The molecule has 0 bridgehead atoms. The van der Waals surface area contributed by atoms with Gasteiger partial charge in [0.05, 0.1) is 19.9 Å². The molecule has 0 aliphatic rings. The third-order valence-electron chi connectivity index (χ3n) is 3.20. The van der Waals surface area contributed by atoms with Gasteiger partial charge in [-0.05, 0) is 18.2 Å². The molecular weight excluding hydrogens is 332 g/mol. The molecule has 6 nitrogen and oxygen atoms in total. The van der Waals surface area contributed by atoms with Crippen molar-refractivity contribution in [3.8, 4) is 22.1 Å². The molecule has 1 aromatic carbocycles. The van der Waals surface area contributed by atoms with Crippen molar-refractivity contribution in [2.75, 3.05) is 14.2 Å². The van der Waals surface area contributed by atoms with Crippen LogP contribution in [-0.2, 0) is 12.8 Å². The molecule has 3 aromatic rings. The molecule has 0 atom stereocenters. The molecule has 0 N–H and O–H groups in total. The maximum Gasteiger partial charge on any atom is 0.191 e. The van der Waals surface area contributed by atoms with Crippen molar-refractivity contribution in [2.24, 2.45) is 7.05 Å². The highest BCUT2D eigenvalue weighted by atomic mass is 32.2. The number of benzene rings is 1. The van der Waals surface area contributed by atoms with E-state index in [1.165, 1.54) is 0 Å². The Hall–Kier alpha value is -2.06. The number of methoxy groups -OCH3 is 2. The molecule has 2 heterocycles. The molecule has 0 spiro atoms. The van der Waals surface area contributed by atoms with Crippen LogP contribution in [0.1, 0.15) is 5.69 Å². The third kappa shape index (κ3) is 3.48. The van der Waals surface area contributed by atoms with E-state index in [0.29, 0.717) is 11.5 Å². The number of ether oxygens (including phenoxy) is 2. The fourth-order valence-corrected chi connectivity index (χ4v) is 3.72. The second-order valence-electron chi connectivity index (χ2n) is 4.73. The number of nitrogens with zero attached hydrogens (tertiary/aromatic N) is 4. The normalized spacial score (nSPS) is 10.7. The topological polar surface area (TPSA) is 62.1 Å². The van der Waals surface area contributed by atoms with E-state index in [9.17, 15) is 0 Å². The lowest BCUT2D eigenvalue weighted by Gasteiger charge is -2.08. The number of hydrogen-bond donors (Lipinski definition) is 0. The quantitative estimate of drug-likeness (QED) is 0.637. The first-order valence-corrected chi connectivity index (χ1v) is 8.71. The summed E-state index contributed by atoms with van der Waals surface area (Å²) in [6.45, 7) is 0. The van der Waals surface area contributed by atoms with Crippen LogP contribution in [0.4, 0.5) is 0 Å². The average molecular weight is 348 g/mol. The molecule has 2 aromatic heterocycles. The second-order valence-corrected chi connectivity index (χ2v) is 6.53. The maximum absolute atomic E-state index is 5.34. The summed E-state index contributed by atoms with van der Waals surface area (Å²) in [6.07, 6.45) is 1.69. The van der Waals surface area contributed by atoms with Crippen LogP contribution in [-0.4, -0.2) is 34.0 Å².